The molecule has 59 valence electrons. The third-order valence-electron chi connectivity index (χ3n) is 1.72. The normalized spacial score (nSPS) is 10.4. The SMILES string of the molecule is O=Cc1[c][nH]c2ccc(Cl)cc12. The Hall–Kier alpha value is -1.28. The van der Waals surface area contributed by atoms with Crippen molar-refractivity contribution in [1.29, 1.82) is 0 Å². The molecule has 0 bridgehead atoms. The first kappa shape index (κ1) is 7.37. The van der Waals surface area contributed by atoms with Crippen molar-refractivity contribution in [2.75, 3.05) is 0 Å². The number of aldehydes is 1. The number of carbonyl (C=O) groups is 1. The molecule has 1 aromatic heterocycles. The molecule has 0 atom stereocenters. The lowest BCUT2D eigenvalue weighted by Crippen LogP contribution is -1.74. The topological polar surface area (TPSA) is 32.9 Å². The van der Waals surface area contributed by atoms with Crippen LogP contribution in [-0.2, 0) is 0 Å². The van der Waals surface area contributed by atoms with Crippen molar-refractivity contribution in [1.82, 2.24) is 4.98 Å². The summed E-state index contributed by atoms with van der Waals surface area (Å²) in [5, 5.41) is 1.44. The Morgan fingerprint density at radius 1 is 1.50 bits per heavy atom. The van der Waals surface area contributed by atoms with E-state index in [0.29, 0.717) is 10.6 Å². The van der Waals surface area contributed by atoms with Gasteiger partial charge < -0.3 is 4.98 Å². The van der Waals surface area contributed by atoms with Crippen molar-refractivity contribution < 1.29 is 4.79 Å². The molecule has 1 N–H and O–H groups in total. The second kappa shape index (κ2) is 2.64. The average molecular weight is 179 g/mol. The van der Waals surface area contributed by atoms with Crippen molar-refractivity contribution in [3.05, 3.63) is 35.0 Å². The van der Waals surface area contributed by atoms with Gasteiger partial charge in [-0.3, -0.25) is 4.79 Å². The number of aromatic amines is 1. The van der Waals surface area contributed by atoms with Crippen LogP contribution >= 0.6 is 11.6 Å². The quantitative estimate of drug-likeness (QED) is 0.669. The molecule has 0 aliphatic carbocycles. The number of rotatable bonds is 1. The first-order valence-electron chi connectivity index (χ1n) is 3.45. The highest BCUT2D eigenvalue weighted by molar-refractivity contribution is 6.31. The zero-order chi connectivity index (χ0) is 8.55. The van der Waals surface area contributed by atoms with Crippen LogP contribution in [0.2, 0.25) is 5.02 Å². The summed E-state index contributed by atoms with van der Waals surface area (Å²) in [7, 11) is 0. The third kappa shape index (κ3) is 1.01. The average Bonchev–Trinajstić information content (AvgIpc) is 2.46. The van der Waals surface area contributed by atoms with Crippen molar-refractivity contribution in [2.45, 2.75) is 0 Å². The molecule has 2 aromatic rings. The van der Waals surface area contributed by atoms with Gasteiger partial charge in [-0.1, -0.05) is 11.6 Å². The predicted octanol–water partition coefficient (Wildman–Crippen LogP) is 2.43. The minimum atomic E-state index is 0.521. The third-order valence-corrected chi connectivity index (χ3v) is 1.96. The van der Waals surface area contributed by atoms with Crippen molar-refractivity contribution in [3.8, 4) is 0 Å². The molecule has 0 saturated heterocycles. The van der Waals surface area contributed by atoms with Crippen LogP contribution < -0.4 is 0 Å². The van der Waals surface area contributed by atoms with Crippen LogP contribution in [0.5, 0.6) is 0 Å². The Bertz CT molecular complexity index is 433. The second-order valence-electron chi connectivity index (χ2n) is 2.47. The number of H-pyrrole nitrogens is 1. The number of benzene rings is 1. The Balaban J connectivity index is 2.83. The highest BCUT2D eigenvalue weighted by Gasteiger charge is 2.02. The number of hydrogen-bond donors (Lipinski definition) is 1. The van der Waals surface area contributed by atoms with E-state index in [9.17, 15) is 4.79 Å². The van der Waals surface area contributed by atoms with E-state index in [1.807, 2.05) is 6.07 Å². The van der Waals surface area contributed by atoms with E-state index in [1.54, 1.807) is 12.1 Å². The summed E-state index contributed by atoms with van der Waals surface area (Å²) in [5.74, 6) is 0. The summed E-state index contributed by atoms with van der Waals surface area (Å²) < 4.78 is 0. The number of halogens is 1. The zero-order valence-corrected chi connectivity index (χ0v) is 6.85. The van der Waals surface area contributed by atoms with E-state index in [4.69, 9.17) is 11.6 Å². The Morgan fingerprint density at radius 2 is 2.33 bits per heavy atom. The van der Waals surface area contributed by atoms with E-state index in [1.165, 1.54) is 0 Å². The van der Waals surface area contributed by atoms with Crippen LogP contribution in [0.4, 0.5) is 0 Å². The monoisotopic (exact) mass is 178 g/mol. The van der Waals surface area contributed by atoms with Crippen LogP contribution in [0.25, 0.3) is 10.9 Å². The van der Waals surface area contributed by atoms with Gasteiger partial charge in [0.05, 0.1) is 6.20 Å². The standard InChI is InChI=1S/C9H5ClNO/c10-7-1-2-9-8(3-7)6(5-12)4-11-9/h1-3,5,11H. The predicted molar refractivity (Wildman–Crippen MR) is 47.5 cm³/mol. The summed E-state index contributed by atoms with van der Waals surface area (Å²) in [6.07, 6.45) is 3.50. The van der Waals surface area contributed by atoms with Gasteiger partial charge in [0.1, 0.15) is 0 Å². The van der Waals surface area contributed by atoms with Gasteiger partial charge in [0.25, 0.3) is 0 Å². The fourth-order valence-corrected chi connectivity index (χ4v) is 1.32. The molecule has 0 amide bonds. The van der Waals surface area contributed by atoms with E-state index < -0.39 is 0 Å². The number of aromatic nitrogens is 1. The van der Waals surface area contributed by atoms with Gasteiger partial charge in [-0.2, -0.15) is 0 Å². The fraction of sp³-hybridized carbons (Fsp3) is 0. The smallest absolute Gasteiger partial charge is 0.152 e. The van der Waals surface area contributed by atoms with Crippen LogP contribution in [0, 0.1) is 6.20 Å². The fourth-order valence-electron chi connectivity index (χ4n) is 1.14. The van der Waals surface area contributed by atoms with E-state index in [0.717, 1.165) is 17.2 Å². The van der Waals surface area contributed by atoms with Crippen LogP contribution in [-0.4, -0.2) is 11.3 Å². The van der Waals surface area contributed by atoms with Gasteiger partial charge in [0, 0.05) is 21.5 Å². The summed E-state index contributed by atoms with van der Waals surface area (Å²) in [6, 6.07) is 5.33. The zero-order valence-electron chi connectivity index (χ0n) is 6.10. The van der Waals surface area contributed by atoms with Gasteiger partial charge in [0.2, 0.25) is 0 Å². The van der Waals surface area contributed by atoms with Gasteiger partial charge in [-0.15, -0.1) is 0 Å². The van der Waals surface area contributed by atoms with Crippen molar-refractivity contribution >= 4 is 28.8 Å². The number of fused-ring (bicyclic) bond motifs is 1. The van der Waals surface area contributed by atoms with Gasteiger partial charge >= 0.3 is 0 Å². The molecule has 1 heterocycles. The minimum Gasteiger partial charge on any atom is -0.353 e. The number of hydrogen-bond acceptors (Lipinski definition) is 1. The summed E-state index contributed by atoms with van der Waals surface area (Å²) in [5.41, 5.74) is 1.40. The summed E-state index contributed by atoms with van der Waals surface area (Å²) in [4.78, 5) is 13.3. The lowest BCUT2D eigenvalue weighted by molar-refractivity contribution is 0.112. The molecular weight excluding hydrogens is 174 g/mol. The molecule has 3 heteroatoms. The highest BCUT2D eigenvalue weighted by atomic mass is 35.5. The van der Waals surface area contributed by atoms with Gasteiger partial charge in [-0.25, -0.2) is 0 Å². The molecule has 12 heavy (non-hydrogen) atoms. The maximum atomic E-state index is 10.5. The maximum Gasteiger partial charge on any atom is 0.152 e. The molecule has 0 spiro atoms. The van der Waals surface area contributed by atoms with Crippen LogP contribution in [0.15, 0.2) is 18.2 Å². The number of carbonyl (C=O) groups excluding carboxylic acids is 1. The molecule has 0 aliphatic heterocycles. The van der Waals surface area contributed by atoms with Gasteiger partial charge in [0.15, 0.2) is 6.29 Å². The largest absolute Gasteiger partial charge is 0.353 e. The Morgan fingerprint density at radius 3 is 3.08 bits per heavy atom. The van der Waals surface area contributed by atoms with Crippen LogP contribution in [0.3, 0.4) is 0 Å². The molecular formula is C9H5ClNO. The highest BCUT2D eigenvalue weighted by Crippen LogP contribution is 2.20. The lowest BCUT2D eigenvalue weighted by Gasteiger charge is -1.90. The van der Waals surface area contributed by atoms with E-state index in [2.05, 4.69) is 11.2 Å². The molecule has 0 fully saturated rings. The lowest BCUT2D eigenvalue weighted by atomic mass is 10.2. The molecule has 0 unspecified atom stereocenters. The van der Waals surface area contributed by atoms with E-state index in [-0.39, 0.29) is 0 Å². The number of nitrogens with one attached hydrogen (secondary N) is 1. The molecule has 0 saturated carbocycles. The summed E-state index contributed by atoms with van der Waals surface area (Å²) >= 11 is 5.76. The maximum absolute atomic E-state index is 10.5. The first-order chi connectivity index (χ1) is 5.81. The van der Waals surface area contributed by atoms with Crippen molar-refractivity contribution in [3.63, 3.8) is 0 Å². The molecule has 1 radical (unpaired) electrons. The molecule has 2 rings (SSSR count). The van der Waals surface area contributed by atoms with E-state index >= 15 is 0 Å². The molecule has 2 nitrogen and oxygen atoms in total. The Kier molecular flexibility index (Phi) is 1.62. The van der Waals surface area contributed by atoms with Gasteiger partial charge in [-0.05, 0) is 18.2 Å². The molecule has 0 aliphatic rings. The second-order valence-corrected chi connectivity index (χ2v) is 2.91. The first-order valence-corrected chi connectivity index (χ1v) is 3.83. The van der Waals surface area contributed by atoms with Crippen molar-refractivity contribution in [2.24, 2.45) is 0 Å². The Labute approximate surface area is 74.2 Å². The minimum absolute atomic E-state index is 0.521. The van der Waals surface area contributed by atoms with Crippen LogP contribution in [0.1, 0.15) is 10.4 Å². The summed E-state index contributed by atoms with van der Waals surface area (Å²) in [6.45, 7) is 0. The molecule has 1 aromatic carbocycles.